The molecule has 0 aromatic rings. The van der Waals surface area contributed by atoms with Crippen molar-refractivity contribution in [2.75, 3.05) is 6.54 Å². The average Bonchev–Trinajstić information content (AvgIpc) is 2.08. The molecular formula is C4H5F3NS. The van der Waals surface area contributed by atoms with Gasteiger partial charge in [0.05, 0.1) is 0 Å². The lowest BCUT2D eigenvalue weighted by Crippen LogP contribution is -2.34. The highest BCUT2D eigenvalue weighted by Gasteiger charge is 2.41. The molecule has 1 heterocycles. The minimum Gasteiger partial charge on any atom is -0.297 e. The number of nitrogens with one attached hydrogen (secondary N) is 1. The Hall–Kier alpha value is 0.100. The maximum atomic E-state index is 11.7. The first-order valence-corrected chi connectivity index (χ1v) is 3.32. The lowest BCUT2D eigenvalue weighted by Gasteiger charge is -2.12. The maximum absolute atomic E-state index is 11.7. The molecule has 1 rings (SSSR count). The number of alkyl halides is 3. The van der Waals surface area contributed by atoms with Crippen molar-refractivity contribution in [2.45, 2.75) is 11.6 Å². The average molecular weight is 156 g/mol. The molecule has 1 aliphatic rings. The van der Waals surface area contributed by atoms with Crippen LogP contribution in [-0.4, -0.2) is 18.1 Å². The van der Waals surface area contributed by atoms with E-state index < -0.39 is 11.6 Å². The van der Waals surface area contributed by atoms with Gasteiger partial charge in [-0.2, -0.15) is 13.2 Å². The van der Waals surface area contributed by atoms with E-state index in [2.05, 4.69) is 5.32 Å². The molecule has 5 heteroatoms. The molecule has 53 valence electrons. The zero-order valence-electron chi connectivity index (χ0n) is 4.40. The monoisotopic (exact) mass is 156 g/mol. The summed E-state index contributed by atoms with van der Waals surface area (Å²) in [5, 5.41) is 0.902. The summed E-state index contributed by atoms with van der Waals surface area (Å²) in [6, 6.07) is 0. The van der Waals surface area contributed by atoms with Gasteiger partial charge in [-0.3, -0.25) is 5.32 Å². The Kier molecular flexibility index (Phi) is 1.91. The van der Waals surface area contributed by atoms with Crippen molar-refractivity contribution in [2.24, 2.45) is 0 Å². The smallest absolute Gasteiger partial charge is 0.297 e. The number of hydrogen-bond acceptors (Lipinski definition) is 2. The first-order chi connectivity index (χ1) is 4.11. The van der Waals surface area contributed by atoms with Gasteiger partial charge in [-0.25, -0.2) is 0 Å². The molecule has 1 radical (unpaired) electrons. The highest BCUT2D eigenvalue weighted by atomic mass is 32.2. The van der Waals surface area contributed by atoms with E-state index in [1.54, 1.807) is 0 Å². The summed E-state index contributed by atoms with van der Waals surface area (Å²) in [5.74, 6) is 1.51. The first-order valence-electron chi connectivity index (χ1n) is 2.38. The number of rotatable bonds is 0. The summed E-state index contributed by atoms with van der Waals surface area (Å²) in [4.78, 5) is 0. The molecule has 1 atom stereocenters. The van der Waals surface area contributed by atoms with Gasteiger partial charge in [0.15, 0.2) is 5.37 Å². The van der Waals surface area contributed by atoms with Gasteiger partial charge in [-0.1, -0.05) is 0 Å². The van der Waals surface area contributed by atoms with Gasteiger partial charge in [0.2, 0.25) is 0 Å². The van der Waals surface area contributed by atoms with E-state index in [1.165, 1.54) is 5.75 Å². The molecule has 1 aliphatic heterocycles. The summed E-state index contributed by atoms with van der Waals surface area (Å²) in [7, 11) is 0. The van der Waals surface area contributed by atoms with Crippen LogP contribution in [0.15, 0.2) is 0 Å². The second-order valence-corrected chi connectivity index (χ2v) is 2.71. The highest BCUT2D eigenvalue weighted by Crippen LogP contribution is 2.32. The molecule has 0 aliphatic carbocycles. The molecular weight excluding hydrogens is 151 g/mol. The summed E-state index contributed by atoms with van der Waals surface area (Å²) in [6.07, 6.45) is -4.10. The Morgan fingerprint density at radius 1 is 1.56 bits per heavy atom. The zero-order valence-corrected chi connectivity index (χ0v) is 5.22. The molecule has 0 spiro atoms. The summed E-state index contributed by atoms with van der Waals surface area (Å²) in [6.45, 7) is 0.342. The Labute approximate surface area is 55.0 Å². The Morgan fingerprint density at radius 2 is 2.22 bits per heavy atom. The molecule has 1 nitrogen and oxygen atoms in total. The van der Waals surface area contributed by atoms with Gasteiger partial charge in [0.1, 0.15) is 0 Å². The fourth-order valence-corrected chi connectivity index (χ4v) is 1.27. The fraction of sp³-hybridized carbons (Fsp3) is 0.750. The molecule has 0 aromatic heterocycles. The van der Waals surface area contributed by atoms with Crippen LogP contribution in [0.1, 0.15) is 0 Å². The molecule has 1 saturated heterocycles. The third-order valence-corrected chi connectivity index (χ3v) is 1.98. The zero-order chi connectivity index (χ0) is 6.91. The van der Waals surface area contributed by atoms with Gasteiger partial charge in [0.25, 0.3) is 0 Å². The van der Waals surface area contributed by atoms with Gasteiger partial charge in [0, 0.05) is 12.3 Å². The summed E-state index contributed by atoms with van der Waals surface area (Å²) >= 11 is 0.788. The topological polar surface area (TPSA) is 12.0 Å². The Balaban J connectivity index is 2.42. The van der Waals surface area contributed by atoms with Crippen LogP contribution in [-0.2, 0) is 0 Å². The van der Waals surface area contributed by atoms with Crippen molar-refractivity contribution in [3.63, 3.8) is 0 Å². The van der Waals surface area contributed by atoms with Crippen LogP contribution < -0.4 is 5.32 Å². The van der Waals surface area contributed by atoms with E-state index >= 15 is 0 Å². The van der Waals surface area contributed by atoms with Crippen LogP contribution in [0.2, 0.25) is 0 Å². The van der Waals surface area contributed by atoms with Crippen molar-refractivity contribution in [3.8, 4) is 0 Å². The maximum Gasteiger partial charge on any atom is 0.413 e. The van der Waals surface area contributed by atoms with E-state index in [9.17, 15) is 13.2 Å². The van der Waals surface area contributed by atoms with Crippen LogP contribution in [0, 0.1) is 5.75 Å². The summed E-state index contributed by atoms with van der Waals surface area (Å²) in [5.41, 5.74) is 0. The van der Waals surface area contributed by atoms with Gasteiger partial charge in [-0.05, 0) is 0 Å². The lowest BCUT2D eigenvalue weighted by molar-refractivity contribution is -0.132. The minimum absolute atomic E-state index is 0.342. The predicted molar refractivity (Wildman–Crippen MR) is 29.7 cm³/mol. The lowest BCUT2D eigenvalue weighted by atomic mass is 10.6. The van der Waals surface area contributed by atoms with E-state index in [0.29, 0.717) is 6.54 Å². The second-order valence-electron chi connectivity index (χ2n) is 1.63. The van der Waals surface area contributed by atoms with Crippen molar-refractivity contribution in [1.29, 1.82) is 0 Å². The molecule has 0 amide bonds. The van der Waals surface area contributed by atoms with E-state index in [4.69, 9.17) is 0 Å². The molecule has 0 bridgehead atoms. The van der Waals surface area contributed by atoms with Crippen LogP contribution in [0.5, 0.6) is 0 Å². The van der Waals surface area contributed by atoms with E-state index in [0.717, 1.165) is 11.8 Å². The largest absolute Gasteiger partial charge is 0.413 e. The molecule has 0 saturated carbocycles. The molecule has 1 N–H and O–H groups in total. The minimum atomic E-state index is -4.10. The predicted octanol–water partition coefficient (Wildman–Crippen LogP) is 1.37. The Bertz CT molecular complexity index is 96.5. The van der Waals surface area contributed by atoms with E-state index in [1.807, 2.05) is 0 Å². The van der Waals surface area contributed by atoms with Crippen molar-refractivity contribution in [3.05, 3.63) is 5.75 Å². The first kappa shape index (κ1) is 7.21. The highest BCUT2D eigenvalue weighted by molar-refractivity contribution is 8.02. The number of halogens is 3. The fourth-order valence-electron chi connectivity index (χ4n) is 0.540. The molecule has 1 fully saturated rings. The Morgan fingerprint density at radius 3 is 2.44 bits per heavy atom. The molecule has 0 aromatic carbocycles. The normalized spacial score (nSPS) is 29.0. The summed E-state index contributed by atoms with van der Waals surface area (Å²) < 4.78 is 35.0. The van der Waals surface area contributed by atoms with Crippen LogP contribution >= 0.6 is 11.8 Å². The van der Waals surface area contributed by atoms with E-state index in [-0.39, 0.29) is 0 Å². The van der Waals surface area contributed by atoms with Gasteiger partial charge in [-0.15, -0.1) is 11.8 Å². The van der Waals surface area contributed by atoms with Crippen molar-refractivity contribution in [1.82, 2.24) is 5.32 Å². The molecule has 1 unspecified atom stereocenters. The standard InChI is InChI=1S/C4H5F3NS/c5-4(6,7)3-8-1-2-9-3/h2-3,8H,1H2. The third-order valence-electron chi connectivity index (χ3n) is 0.916. The van der Waals surface area contributed by atoms with Crippen LogP contribution in [0.3, 0.4) is 0 Å². The van der Waals surface area contributed by atoms with Gasteiger partial charge < -0.3 is 0 Å². The third kappa shape index (κ3) is 1.76. The van der Waals surface area contributed by atoms with Crippen LogP contribution in [0.4, 0.5) is 13.2 Å². The van der Waals surface area contributed by atoms with Crippen molar-refractivity contribution >= 4 is 11.8 Å². The van der Waals surface area contributed by atoms with Crippen molar-refractivity contribution < 1.29 is 13.2 Å². The second kappa shape index (κ2) is 2.38. The number of hydrogen-bond donors (Lipinski definition) is 1. The quantitative estimate of drug-likeness (QED) is 0.568. The van der Waals surface area contributed by atoms with Crippen LogP contribution in [0.25, 0.3) is 0 Å². The SMILES string of the molecule is FC(F)(F)C1NC[CH]S1. The number of thioether (sulfide) groups is 1. The molecule has 9 heavy (non-hydrogen) atoms. The van der Waals surface area contributed by atoms with Gasteiger partial charge >= 0.3 is 6.18 Å².